The first-order valence-electron chi connectivity index (χ1n) is 7.62. The van der Waals surface area contributed by atoms with Crippen LogP contribution >= 0.6 is 11.6 Å². The van der Waals surface area contributed by atoms with Crippen LogP contribution in [0.25, 0.3) is 0 Å². The van der Waals surface area contributed by atoms with Crippen LogP contribution in [0.2, 0.25) is 0 Å². The highest BCUT2D eigenvalue weighted by molar-refractivity contribution is 7.89. The fourth-order valence-electron chi connectivity index (χ4n) is 2.58. The van der Waals surface area contributed by atoms with E-state index in [0.717, 1.165) is 38.1 Å². The van der Waals surface area contributed by atoms with Crippen LogP contribution in [-0.4, -0.2) is 40.7 Å². The maximum absolute atomic E-state index is 12.8. The Bertz CT molecular complexity index is 567. The van der Waals surface area contributed by atoms with Crippen molar-refractivity contribution in [2.24, 2.45) is 0 Å². The molecular formula is C14H24ClN3O2S. The molecule has 0 saturated heterocycles. The SMILES string of the molecule is CCCn1cc(S(=O)(=O)N(CCCCl)C2CCC2)nc1C. The first-order chi connectivity index (χ1) is 10.0. The van der Waals surface area contributed by atoms with Gasteiger partial charge in [-0.05, 0) is 32.6 Å². The zero-order valence-corrected chi connectivity index (χ0v) is 14.3. The molecule has 2 rings (SSSR count). The van der Waals surface area contributed by atoms with Crippen LogP contribution in [0, 0.1) is 6.92 Å². The summed E-state index contributed by atoms with van der Waals surface area (Å²) in [6.07, 6.45) is 6.27. The predicted molar refractivity (Wildman–Crippen MR) is 84.1 cm³/mol. The summed E-state index contributed by atoms with van der Waals surface area (Å²) in [5.41, 5.74) is 0. The molecule has 0 spiro atoms. The van der Waals surface area contributed by atoms with Crippen molar-refractivity contribution >= 4 is 21.6 Å². The van der Waals surface area contributed by atoms with Crippen molar-refractivity contribution in [1.29, 1.82) is 0 Å². The second kappa shape index (κ2) is 7.11. The highest BCUT2D eigenvalue weighted by atomic mass is 35.5. The topological polar surface area (TPSA) is 55.2 Å². The zero-order chi connectivity index (χ0) is 15.5. The van der Waals surface area contributed by atoms with E-state index in [0.29, 0.717) is 18.8 Å². The molecule has 0 amide bonds. The quantitative estimate of drug-likeness (QED) is 0.687. The van der Waals surface area contributed by atoms with Crippen molar-refractivity contribution in [1.82, 2.24) is 13.9 Å². The lowest BCUT2D eigenvalue weighted by Gasteiger charge is -2.35. The Balaban J connectivity index is 2.26. The number of imidazole rings is 1. The molecule has 0 unspecified atom stereocenters. The second-order valence-electron chi connectivity index (χ2n) is 5.56. The van der Waals surface area contributed by atoms with Crippen molar-refractivity contribution in [2.75, 3.05) is 12.4 Å². The lowest BCUT2D eigenvalue weighted by molar-refractivity contribution is 0.219. The van der Waals surface area contributed by atoms with Gasteiger partial charge in [-0.15, -0.1) is 11.6 Å². The standard InChI is InChI=1S/C14H24ClN3O2S/c1-3-9-17-11-14(16-12(17)2)21(19,20)18(10-5-8-15)13-6-4-7-13/h11,13H,3-10H2,1-2H3. The number of hydrogen-bond donors (Lipinski definition) is 0. The van der Waals surface area contributed by atoms with Gasteiger partial charge in [-0.1, -0.05) is 13.3 Å². The second-order valence-corrected chi connectivity index (χ2v) is 7.78. The van der Waals surface area contributed by atoms with Crippen molar-refractivity contribution in [3.8, 4) is 0 Å². The van der Waals surface area contributed by atoms with Gasteiger partial charge >= 0.3 is 0 Å². The molecule has 0 N–H and O–H groups in total. The van der Waals surface area contributed by atoms with Crippen LogP contribution in [0.5, 0.6) is 0 Å². The largest absolute Gasteiger partial charge is 0.334 e. The molecule has 0 bridgehead atoms. The Morgan fingerprint density at radius 1 is 1.48 bits per heavy atom. The van der Waals surface area contributed by atoms with Gasteiger partial charge in [0.05, 0.1) is 0 Å². The number of sulfonamides is 1. The molecule has 1 saturated carbocycles. The Morgan fingerprint density at radius 3 is 2.71 bits per heavy atom. The van der Waals surface area contributed by atoms with Gasteiger partial charge in [0.15, 0.2) is 5.03 Å². The Kier molecular flexibility index (Phi) is 5.68. The lowest BCUT2D eigenvalue weighted by Crippen LogP contribution is -2.44. The van der Waals surface area contributed by atoms with Crippen LogP contribution in [-0.2, 0) is 16.6 Å². The Hall–Kier alpha value is -0.590. The molecule has 1 aromatic rings. The van der Waals surface area contributed by atoms with Gasteiger partial charge in [0.25, 0.3) is 10.0 Å². The molecule has 1 fully saturated rings. The van der Waals surface area contributed by atoms with E-state index in [1.165, 1.54) is 0 Å². The molecule has 1 aliphatic rings. The molecule has 0 aliphatic heterocycles. The summed E-state index contributed by atoms with van der Waals surface area (Å²) in [5.74, 6) is 1.23. The number of halogens is 1. The van der Waals surface area contributed by atoms with E-state index in [1.54, 1.807) is 10.5 Å². The van der Waals surface area contributed by atoms with Crippen LogP contribution in [0.15, 0.2) is 11.2 Å². The van der Waals surface area contributed by atoms with Crippen LogP contribution in [0.3, 0.4) is 0 Å². The fourth-order valence-corrected chi connectivity index (χ4v) is 4.42. The monoisotopic (exact) mass is 333 g/mol. The van der Waals surface area contributed by atoms with Gasteiger partial charge in [-0.3, -0.25) is 0 Å². The molecular weight excluding hydrogens is 310 g/mol. The number of aromatic nitrogens is 2. The van der Waals surface area contributed by atoms with Gasteiger partial charge in [0, 0.05) is 31.2 Å². The third-order valence-corrected chi connectivity index (χ3v) is 6.08. The number of hydrogen-bond acceptors (Lipinski definition) is 3. The number of nitrogens with zero attached hydrogens (tertiary/aromatic N) is 3. The summed E-state index contributed by atoms with van der Waals surface area (Å²) in [7, 11) is -3.51. The Morgan fingerprint density at radius 2 is 2.19 bits per heavy atom. The maximum atomic E-state index is 12.8. The first kappa shape index (κ1) is 16.8. The van der Waals surface area contributed by atoms with Gasteiger partial charge in [0.2, 0.25) is 0 Å². The molecule has 1 aromatic heterocycles. The third-order valence-electron chi connectivity index (χ3n) is 3.99. The third kappa shape index (κ3) is 3.60. The van der Waals surface area contributed by atoms with E-state index in [1.807, 2.05) is 11.5 Å². The van der Waals surface area contributed by atoms with Crippen molar-refractivity contribution in [3.63, 3.8) is 0 Å². The summed E-state index contributed by atoms with van der Waals surface area (Å²) in [4.78, 5) is 4.27. The summed E-state index contributed by atoms with van der Waals surface area (Å²) in [6.45, 7) is 5.19. The van der Waals surface area contributed by atoms with E-state index in [-0.39, 0.29) is 11.1 Å². The van der Waals surface area contributed by atoms with Crippen LogP contribution < -0.4 is 0 Å². The molecule has 5 nitrogen and oxygen atoms in total. The van der Waals surface area contributed by atoms with E-state index >= 15 is 0 Å². The molecule has 0 atom stereocenters. The Labute approximate surface area is 132 Å². The zero-order valence-electron chi connectivity index (χ0n) is 12.8. The van der Waals surface area contributed by atoms with Crippen molar-refractivity contribution < 1.29 is 8.42 Å². The summed E-state index contributed by atoms with van der Waals surface area (Å²) in [5, 5.41) is 0.176. The van der Waals surface area contributed by atoms with Gasteiger partial charge in [-0.2, -0.15) is 4.31 Å². The number of alkyl halides is 1. The van der Waals surface area contributed by atoms with E-state index < -0.39 is 10.0 Å². The van der Waals surface area contributed by atoms with Gasteiger partial charge < -0.3 is 4.57 Å². The lowest BCUT2D eigenvalue weighted by atomic mass is 9.93. The molecule has 0 radical (unpaired) electrons. The minimum Gasteiger partial charge on any atom is -0.334 e. The molecule has 1 aliphatic carbocycles. The van der Waals surface area contributed by atoms with Crippen LogP contribution in [0.1, 0.15) is 44.9 Å². The summed E-state index contributed by atoms with van der Waals surface area (Å²) < 4.78 is 29.2. The minimum absolute atomic E-state index is 0.120. The first-order valence-corrected chi connectivity index (χ1v) is 9.59. The van der Waals surface area contributed by atoms with Gasteiger partial charge in [-0.25, -0.2) is 13.4 Å². The summed E-state index contributed by atoms with van der Waals surface area (Å²) >= 11 is 5.74. The van der Waals surface area contributed by atoms with Gasteiger partial charge in [0.1, 0.15) is 5.82 Å². The average Bonchev–Trinajstić information content (AvgIpc) is 2.75. The normalized spacial score (nSPS) is 16.4. The van der Waals surface area contributed by atoms with E-state index in [2.05, 4.69) is 11.9 Å². The smallest absolute Gasteiger partial charge is 0.262 e. The average molecular weight is 334 g/mol. The van der Waals surface area contributed by atoms with E-state index in [9.17, 15) is 8.42 Å². The predicted octanol–water partition coefficient (Wildman–Crippen LogP) is 2.77. The number of aryl methyl sites for hydroxylation is 2. The minimum atomic E-state index is -3.51. The van der Waals surface area contributed by atoms with Crippen molar-refractivity contribution in [3.05, 3.63) is 12.0 Å². The molecule has 21 heavy (non-hydrogen) atoms. The fraction of sp³-hybridized carbons (Fsp3) is 0.786. The summed E-state index contributed by atoms with van der Waals surface area (Å²) in [6, 6.07) is 0.120. The number of rotatable bonds is 8. The highest BCUT2D eigenvalue weighted by Gasteiger charge is 2.36. The molecule has 0 aromatic carbocycles. The van der Waals surface area contributed by atoms with Crippen molar-refractivity contribution in [2.45, 2.75) is 63.6 Å². The molecule has 120 valence electrons. The maximum Gasteiger partial charge on any atom is 0.262 e. The van der Waals surface area contributed by atoms with E-state index in [4.69, 9.17) is 11.6 Å². The highest BCUT2D eigenvalue weighted by Crippen LogP contribution is 2.30. The molecule has 7 heteroatoms. The van der Waals surface area contributed by atoms with Crippen LogP contribution in [0.4, 0.5) is 0 Å². The molecule has 1 heterocycles.